The third-order valence-corrected chi connectivity index (χ3v) is 5.09. The summed E-state index contributed by atoms with van der Waals surface area (Å²) in [5, 5.41) is 5.14. The summed E-state index contributed by atoms with van der Waals surface area (Å²) in [4.78, 5) is 30.2. The molecule has 5 heteroatoms. The summed E-state index contributed by atoms with van der Waals surface area (Å²) in [6.45, 7) is 0.0878. The Kier molecular flexibility index (Phi) is 4.06. The molecule has 0 aliphatic heterocycles. The first-order valence-corrected chi connectivity index (χ1v) is 9.36. The van der Waals surface area contributed by atoms with Gasteiger partial charge in [-0.1, -0.05) is 42.5 Å². The summed E-state index contributed by atoms with van der Waals surface area (Å²) in [6, 6.07) is 24.3. The maximum atomic E-state index is 13.0. The number of benzene rings is 3. The summed E-state index contributed by atoms with van der Waals surface area (Å²) in [6.07, 6.45) is 1.71. The second-order valence-electron chi connectivity index (χ2n) is 6.88. The van der Waals surface area contributed by atoms with Gasteiger partial charge in [0.2, 0.25) is 5.91 Å². The molecule has 0 saturated heterocycles. The minimum atomic E-state index is -0.179. The predicted molar refractivity (Wildman–Crippen MR) is 116 cm³/mol. The summed E-state index contributed by atoms with van der Waals surface area (Å²) >= 11 is 0. The summed E-state index contributed by atoms with van der Waals surface area (Å²) in [7, 11) is 0. The smallest absolute Gasteiger partial charge is 0.244 e. The fraction of sp³-hybridized carbons (Fsp3) is 0.0417. The molecular formula is C24H17N3O2. The van der Waals surface area contributed by atoms with Gasteiger partial charge in [0, 0.05) is 22.4 Å². The van der Waals surface area contributed by atoms with Crippen LogP contribution >= 0.6 is 0 Å². The van der Waals surface area contributed by atoms with E-state index in [4.69, 9.17) is 0 Å². The number of anilines is 1. The maximum absolute atomic E-state index is 13.0. The van der Waals surface area contributed by atoms with Crippen LogP contribution in [0.4, 0.5) is 5.69 Å². The minimum Gasteiger partial charge on any atom is -0.331 e. The van der Waals surface area contributed by atoms with Crippen molar-refractivity contribution >= 4 is 44.3 Å². The zero-order chi connectivity index (χ0) is 19.8. The topological polar surface area (TPSA) is 64.0 Å². The van der Waals surface area contributed by atoms with Crippen LogP contribution in [0.1, 0.15) is 0 Å². The van der Waals surface area contributed by atoms with Gasteiger partial charge >= 0.3 is 0 Å². The molecule has 5 nitrogen and oxygen atoms in total. The van der Waals surface area contributed by atoms with E-state index in [2.05, 4.69) is 10.3 Å². The van der Waals surface area contributed by atoms with E-state index in [-0.39, 0.29) is 17.9 Å². The lowest BCUT2D eigenvalue weighted by atomic mass is 10.1. The van der Waals surface area contributed by atoms with E-state index < -0.39 is 0 Å². The average molecular weight is 379 g/mol. The fourth-order valence-electron chi connectivity index (χ4n) is 3.79. The van der Waals surface area contributed by atoms with E-state index in [1.54, 1.807) is 18.3 Å². The van der Waals surface area contributed by atoms with Crippen LogP contribution in [-0.4, -0.2) is 15.5 Å². The molecule has 3 aromatic carbocycles. The molecule has 29 heavy (non-hydrogen) atoms. The first-order valence-electron chi connectivity index (χ1n) is 9.36. The standard InChI is InChI=1S/C24H17N3O2/c28-22(26-19-11-5-7-16-8-6-14-25-23(16)19)15-27-20-12-3-1-9-17(20)24(29)18-10-2-4-13-21(18)27/h1-14H,15H2,(H,26,28). The molecule has 0 bridgehead atoms. The number of amides is 1. The Balaban J connectivity index is 1.60. The Morgan fingerprint density at radius 3 is 2.21 bits per heavy atom. The molecule has 5 rings (SSSR count). The van der Waals surface area contributed by atoms with Gasteiger partial charge in [-0.2, -0.15) is 0 Å². The highest BCUT2D eigenvalue weighted by atomic mass is 16.2. The zero-order valence-corrected chi connectivity index (χ0v) is 15.5. The third kappa shape index (κ3) is 2.93. The lowest BCUT2D eigenvalue weighted by Gasteiger charge is -2.15. The maximum Gasteiger partial charge on any atom is 0.244 e. The number of carbonyl (C=O) groups is 1. The van der Waals surface area contributed by atoms with Crippen molar-refractivity contribution in [3.05, 3.63) is 95.3 Å². The summed E-state index contributed by atoms with van der Waals surface area (Å²) < 4.78 is 1.89. The number of carbonyl (C=O) groups excluding carboxylic acids is 1. The van der Waals surface area contributed by atoms with Gasteiger partial charge in [-0.05, 0) is 36.4 Å². The van der Waals surface area contributed by atoms with Crippen molar-refractivity contribution in [1.82, 2.24) is 9.55 Å². The predicted octanol–water partition coefficient (Wildman–Crippen LogP) is 4.34. The van der Waals surface area contributed by atoms with Crippen LogP contribution in [-0.2, 0) is 11.3 Å². The number of fused-ring (bicyclic) bond motifs is 3. The van der Waals surface area contributed by atoms with Crippen molar-refractivity contribution in [3.63, 3.8) is 0 Å². The van der Waals surface area contributed by atoms with Gasteiger partial charge in [0.25, 0.3) is 0 Å². The van der Waals surface area contributed by atoms with Crippen LogP contribution in [0.3, 0.4) is 0 Å². The Morgan fingerprint density at radius 2 is 1.48 bits per heavy atom. The van der Waals surface area contributed by atoms with Gasteiger partial charge in [0.05, 0.1) is 22.2 Å². The van der Waals surface area contributed by atoms with E-state index in [9.17, 15) is 9.59 Å². The molecule has 5 aromatic rings. The lowest BCUT2D eigenvalue weighted by molar-refractivity contribution is -0.116. The lowest BCUT2D eigenvalue weighted by Crippen LogP contribution is -2.21. The van der Waals surface area contributed by atoms with Crippen LogP contribution in [0.5, 0.6) is 0 Å². The minimum absolute atomic E-state index is 0.0221. The second kappa shape index (κ2) is 6.87. The van der Waals surface area contributed by atoms with Gasteiger partial charge < -0.3 is 9.88 Å². The SMILES string of the molecule is O=C(Cn1c2ccccc2c(=O)c2ccccc21)Nc1cccc2cccnc12. The van der Waals surface area contributed by atoms with Crippen LogP contribution in [0.15, 0.2) is 89.9 Å². The molecule has 1 N–H and O–H groups in total. The van der Waals surface area contributed by atoms with Crippen molar-refractivity contribution in [3.8, 4) is 0 Å². The van der Waals surface area contributed by atoms with Crippen LogP contribution in [0.25, 0.3) is 32.7 Å². The van der Waals surface area contributed by atoms with Gasteiger partial charge in [0.15, 0.2) is 5.43 Å². The van der Waals surface area contributed by atoms with Crippen molar-refractivity contribution < 1.29 is 4.79 Å². The number of rotatable bonds is 3. The van der Waals surface area contributed by atoms with E-state index in [1.165, 1.54) is 0 Å². The average Bonchev–Trinajstić information content (AvgIpc) is 2.77. The number of hydrogen-bond donors (Lipinski definition) is 1. The number of para-hydroxylation sites is 3. The summed E-state index contributed by atoms with van der Waals surface area (Å²) in [5.74, 6) is -0.179. The summed E-state index contributed by atoms with van der Waals surface area (Å²) in [5.41, 5.74) is 2.87. The Labute approximate surface area is 166 Å². The molecule has 0 atom stereocenters. The first kappa shape index (κ1) is 17.1. The highest BCUT2D eigenvalue weighted by molar-refractivity contribution is 6.01. The fourth-order valence-corrected chi connectivity index (χ4v) is 3.79. The molecule has 1 amide bonds. The highest BCUT2D eigenvalue weighted by Crippen LogP contribution is 2.22. The Morgan fingerprint density at radius 1 is 0.828 bits per heavy atom. The highest BCUT2D eigenvalue weighted by Gasteiger charge is 2.13. The van der Waals surface area contributed by atoms with E-state index in [0.717, 1.165) is 21.9 Å². The van der Waals surface area contributed by atoms with E-state index >= 15 is 0 Å². The van der Waals surface area contributed by atoms with Crippen molar-refractivity contribution in [2.24, 2.45) is 0 Å². The Bertz CT molecular complexity index is 1390. The van der Waals surface area contributed by atoms with Crippen molar-refractivity contribution in [2.75, 3.05) is 5.32 Å². The molecular weight excluding hydrogens is 362 g/mol. The molecule has 0 aliphatic carbocycles. The molecule has 0 radical (unpaired) electrons. The number of nitrogens with one attached hydrogen (secondary N) is 1. The van der Waals surface area contributed by atoms with Gasteiger partial charge in [-0.15, -0.1) is 0 Å². The van der Waals surface area contributed by atoms with Gasteiger partial charge in [-0.3, -0.25) is 14.6 Å². The molecule has 0 fully saturated rings. The molecule has 0 aliphatic rings. The Hall–Kier alpha value is -3.99. The molecule has 2 heterocycles. The van der Waals surface area contributed by atoms with Gasteiger partial charge in [-0.25, -0.2) is 0 Å². The zero-order valence-electron chi connectivity index (χ0n) is 15.5. The first-order chi connectivity index (χ1) is 14.2. The third-order valence-electron chi connectivity index (χ3n) is 5.09. The van der Waals surface area contributed by atoms with Gasteiger partial charge in [0.1, 0.15) is 6.54 Å². The van der Waals surface area contributed by atoms with Crippen molar-refractivity contribution in [2.45, 2.75) is 6.54 Å². The van der Waals surface area contributed by atoms with E-state index in [0.29, 0.717) is 16.5 Å². The normalized spacial score (nSPS) is 11.2. The number of hydrogen-bond acceptors (Lipinski definition) is 3. The molecule has 2 aromatic heterocycles. The van der Waals surface area contributed by atoms with Crippen LogP contribution in [0.2, 0.25) is 0 Å². The van der Waals surface area contributed by atoms with Crippen LogP contribution < -0.4 is 10.7 Å². The quantitative estimate of drug-likeness (QED) is 0.474. The largest absolute Gasteiger partial charge is 0.331 e. The second-order valence-corrected chi connectivity index (χ2v) is 6.88. The molecule has 0 unspecified atom stereocenters. The van der Waals surface area contributed by atoms with Crippen molar-refractivity contribution in [1.29, 1.82) is 0 Å². The number of aromatic nitrogens is 2. The molecule has 0 saturated carbocycles. The number of pyridine rings is 2. The van der Waals surface area contributed by atoms with E-state index in [1.807, 2.05) is 71.3 Å². The molecule has 0 spiro atoms. The van der Waals surface area contributed by atoms with Crippen LogP contribution in [0, 0.1) is 0 Å². The number of nitrogens with zero attached hydrogens (tertiary/aromatic N) is 2. The monoisotopic (exact) mass is 379 g/mol. The molecule has 140 valence electrons.